The lowest BCUT2D eigenvalue weighted by molar-refractivity contribution is -0.142. The van der Waals surface area contributed by atoms with E-state index in [9.17, 15) is 33.9 Å². The second-order valence-electron chi connectivity index (χ2n) is 13.3. The van der Waals surface area contributed by atoms with E-state index in [1.807, 2.05) is 37.3 Å². The number of aliphatic hydroxyl groups is 1. The first kappa shape index (κ1) is 39.0. The number of nitrogens with one attached hydrogen (secondary N) is 5. The Morgan fingerprint density at radius 1 is 0.941 bits per heavy atom. The molecule has 6 N–H and O–H groups in total. The Morgan fingerprint density at radius 2 is 1.67 bits per heavy atom. The van der Waals surface area contributed by atoms with Gasteiger partial charge < -0.3 is 36.6 Å². The van der Waals surface area contributed by atoms with Gasteiger partial charge in [-0.3, -0.25) is 33.4 Å². The highest BCUT2D eigenvalue weighted by atomic mass is 16.3. The van der Waals surface area contributed by atoms with Crippen LogP contribution < -0.4 is 26.6 Å². The molecule has 2 aliphatic rings. The fourth-order valence-corrected chi connectivity index (χ4v) is 6.49. The molecule has 0 saturated carbocycles. The molecule has 15 heteroatoms. The van der Waals surface area contributed by atoms with Gasteiger partial charge in [-0.25, -0.2) is 0 Å². The number of hydrogen-bond acceptors (Lipinski definition) is 8. The molecule has 2 saturated heterocycles. The molecule has 0 radical (unpaired) electrons. The number of carbonyl (C=O) groups is 6. The minimum absolute atomic E-state index is 0.121. The standard InChI is InChI=1S/C36H52N8O7/c1-5-18-43-21-25(22(3)42-43)31(46)39-27-15-10-11-17-37-34(49)29-16-12-19-44(29)36(51)28(20-24-13-8-7-9-14-24)40-35(50)30(23(4)45)41-32(47)26(6-2)38-33(27)48/h7-9,13-14,21,23,26-30,45H,5-6,10-12,15-20H2,1-4H3,(H,37,49)(H,38,48)(H,39,46)(H,40,50)(H,41,47)/t23-,26+,27+,28-,29+,30+/m1/s1. The van der Waals surface area contributed by atoms with Crippen molar-refractivity contribution in [1.29, 1.82) is 0 Å². The summed E-state index contributed by atoms with van der Waals surface area (Å²) in [7, 11) is 0. The molecule has 2 fully saturated rings. The number of nitrogens with zero attached hydrogens (tertiary/aromatic N) is 3. The Kier molecular flexibility index (Phi) is 14.1. The molecular weight excluding hydrogens is 656 g/mol. The van der Waals surface area contributed by atoms with Crippen LogP contribution in [0.15, 0.2) is 36.5 Å². The Hall–Kier alpha value is -4.79. The number of aromatic nitrogens is 2. The highest BCUT2D eigenvalue weighted by Gasteiger charge is 2.39. The van der Waals surface area contributed by atoms with Crippen molar-refractivity contribution in [2.45, 2.75) is 122 Å². The zero-order valence-electron chi connectivity index (χ0n) is 29.9. The molecule has 278 valence electrons. The summed E-state index contributed by atoms with van der Waals surface area (Å²) in [6.45, 7) is 7.97. The Bertz CT molecular complexity index is 1540. The van der Waals surface area contributed by atoms with Crippen LogP contribution in [0, 0.1) is 6.92 Å². The van der Waals surface area contributed by atoms with E-state index >= 15 is 0 Å². The van der Waals surface area contributed by atoms with Crippen molar-refractivity contribution < 1.29 is 33.9 Å². The molecule has 15 nitrogen and oxygen atoms in total. The van der Waals surface area contributed by atoms with Crippen LogP contribution >= 0.6 is 0 Å². The van der Waals surface area contributed by atoms with Crippen LogP contribution in [0.1, 0.15) is 87.3 Å². The van der Waals surface area contributed by atoms with Gasteiger partial charge in [0.25, 0.3) is 5.91 Å². The largest absolute Gasteiger partial charge is 0.391 e. The maximum Gasteiger partial charge on any atom is 0.255 e. The summed E-state index contributed by atoms with van der Waals surface area (Å²) in [5.74, 6) is -3.35. The lowest BCUT2D eigenvalue weighted by Crippen LogP contribution is -2.61. The van der Waals surface area contributed by atoms with Crippen molar-refractivity contribution in [3.63, 3.8) is 0 Å². The van der Waals surface area contributed by atoms with E-state index in [0.717, 1.165) is 12.0 Å². The third kappa shape index (κ3) is 10.4. The van der Waals surface area contributed by atoms with Crippen LogP contribution in [-0.4, -0.2) is 105 Å². The number of hydrogen-bond donors (Lipinski definition) is 6. The quantitative estimate of drug-likeness (QED) is 0.227. The Labute approximate surface area is 298 Å². The fraction of sp³-hybridized carbons (Fsp3) is 0.583. The van der Waals surface area contributed by atoms with Gasteiger partial charge in [-0.2, -0.15) is 5.10 Å². The zero-order valence-corrected chi connectivity index (χ0v) is 29.9. The second kappa shape index (κ2) is 18.4. The predicted molar refractivity (Wildman–Crippen MR) is 188 cm³/mol. The lowest BCUT2D eigenvalue weighted by atomic mass is 10.0. The predicted octanol–water partition coefficient (Wildman–Crippen LogP) is 0.479. The first-order valence-corrected chi connectivity index (χ1v) is 18.0. The van der Waals surface area contributed by atoms with Gasteiger partial charge in [0, 0.05) is 32.3 Å². The number of benzene rings is 1. The molecule has 0 spiro atoms. The SMILES string of the molecule is CCCn1cc(C(=O)N[C@H]2CCCCNC(=O)[C@@H]3CCCN3C(=O)[C@@H](Cc3ccccc3)NC(=O)[C@H]([C@@H](C)O)NC(=O)[C@H](CC)NC2=O)c(C)n1. The van der Waals surface area contributed by atoms with Crippen LogP contribution in [0.2, 0.25) is 0 Å². The van der Waals surface area contributed by atoms with Crippen molar-refractivity contribution >= 4 is 35.4 Å². The van der Waals surface area contributed by atoms with E-state index < -0.39 is 65.8 Å². The minimum atomic E-state index is -1.47. The van der Waals surface area contributed by atoms with E-state index in [0.29, 0.717) is 50.0 Å². The number of rotatable bonds is 8. The van der Waals surface area contributed by atoms with Gasteiger partial charge >= 0.3 is 0 Å². The van der Waals surface area contributed by atoms with E-state index in [-0.39, 0.29) is 31.7 Å². The summed E-state index contributed by atoms with van der Waals surface area (Å²) < 4.78 is 1.67. The normalized spacial score (nSPS) is 24.9. The van der Waals surface area contributed by atoms with Crippen LogP contribution in [0.25, 0.3) is 0 Å². The minimum Gasteiger partial charge on any atom is -0.391 e. The molecule has 6 amide bonds. The molecule has 51 heavy (non-hydrogen) atoms. The Morgan fingerprint density at radius 3 is 2.35 bits per heavy atom. The maximum atomic E-state index is 14.0. The van der Waals surface area contributed by atoms with Crippen LogP contribution in [0.5, 0.6) is 0 Å². The summed E-state index contributed by atoms with van der Waals surface area (Å²) in [6.07, 6.45) is 3.57. The van der Waals surface area contributed by atoms with Gasteiger partial charge in [0.05, 0.1) is 17.4 Å². The molecule has 0 bridgehead atoms. The average molecular weight is 709 g/mol. The van der Waals surface area contributed by atoms with Gasteiger partial charge in [0.15, 0.2) is 0 Å². The zero-order chi connectivity index (χ0) is 37.1. The van der Waals surface area contributed by atoms with Crippen LogP contribution in [-0.2, 0) is 36.9 Å². The van der Waals surface area contributed by atoms with Gasteiger partial charge in [-0.05, 0) is 64.4 Å². The second-order valence-corrected chi connectivity index (χ2v) is 13.3. The monoisotopic (exact) mass is 708 g/mol. The number of amides is 6. The number of fused-ring (bicyclic) bond motifs is 1. The summed E-state index contributed by atoms with van der Waals surface area (Å²) in [6, 6.07) is 3.69. The van der Waals surface area contributed by atoms with Crippen molar-refractivity contribution in [2.24, 2.45) is 0 Å². The molecule has 1 aromatic carbocycles. The van der Waals surface area contributed by atoms with Crippen molar-refractivity contribution in [2.75, 3.05) is 13.1 Å². The third-order valence-electron chi connectivity index (χ3n) is 9.32. The Balaban J connectivity index is 1.61. The smallest absolute Gasteiger partial charge is 0.255 e. The highest BCUT2D eigenvalue weighted by Crippen LogP contribution is 2.20. The van der Waals surface area contributed by atoms with Crippen molar-refractivity contribution in [1.82, 2.24) is 41.3 Å². The fourth-order valence-electron chi connectivity index (χ4n) is 6.49. The van der Waals surface area contributed by atoms with Crippen molar-refractivity contribution in [3.05, 3.63) is 53.3 Å². The van der Waals surface area contributed by atoms with Crippen LogP contribution in [0.3, 0.4) is 0 Å². The van der Waals surface area contributed by atoms with Gasteiger partial charge in [0.2, 0.25) is 29.5 Å². The molecule has 6 atom stereocenters. The van der Waals surface area contributed by atoms with Gasteiger partial charge in [-0.1, -0.05) is 44.2 Å². The maximum absolute atomic E-state index is 14.0. The van der Waals surface area contributed by atoms with E-state index in [1.165, 1.54) is 11.8 Å². The van der Waals surface area contributed by atoms with E-state index in [2.05, 4.69) is 31.7 Å². The molecule has 0 aliphatic carbocycles. The number of aryl methyl sites for hydroxylation is 2. The summed E-state index contributed by atoms with van der Waals surface area (Å²) in [4.78, 5) is 83.1. The van der Waals surface area contributed by atoms with E-state index in [4.69, 9.17) is 0 Å². The summed E-state index contributed by atoms with van der Waals surface area (Å²) in [5.41, 5.74) is 1.61. The molecule has 3 heterocycles. The van der Waals surface area contributed by atoms with E-state index in [1.54, 1.807) is 24.7 Å². The number of carbonyl (C=O) groups excluding carboxylic acids is 6. The van der Waals surface area contributed by atoms with Crippen molar-refractivity contribution in [3.8, 4) is 0 Å². The molecule has 2 aliphatic heterocycles. The molecule has 1 aromatic heterocycles. The first-order chi connectivity index (χ1) is 24.4. The molecule has 0 unspecified atom stereocenters. The lowest BCUT2D eigenvalue weighted by Gasteiger charge is -2.30. The van der Waals surface area contributed by atoms with Gasteiger partial charge in [-0.15, -0.1) is 0 Å². The van der Waals surface area contributed by atoms with Crippen LogP contribution in [0.4, 0.5) is 0 Å². The first-order valence-electron chi connectivity index (χ1n) is 18.0. The summed E-state index contributed by atoms with van der Waals surface area (Å²) >= 11 is 0. The molecule has 4 rings (SSSR count). The summed E-state index contributed by atoms with van der Waals surface area (Å²) in [5, 5.41) is 28.7. The topological polar surface area (TPSA) is 204 Å². The van der Waals surface area contributed by atoms with Gasteiger partial charge in [0.1, 0.15) is 30.2 Å². The average Bonchev–Trinajstić information content (AvgIpc) is 3.74. The number of aliphatic hydroxyl groups excluding tert-OH is 1. The third-order valence-corrected chi connectivity index (χ3v) is 9.32. The molecule has 2 aromatic rings. The highest BCUT2D eigenvalue weighted by molar-refractivity contribution is 5.99. The molecular formula is C36H52N8O7.